The van der Waals surface area contributed by atoms with Crippen molar-refractivity contribution in [3.63, 3.8) is 0 Å². The molecular formula is C16H26N4O11. The van der Waals surface area contributed by atoms with Gasteiger partial charge in [0.15, 0.2) is 0 Å². The third kappa shape index (κ3) is 10.9. The van der Waals surface area contributed by atoms with Gasteiger partial charge >= 0.3 is 17.9 Å². The number of hydrogen-bond acceptors (Lipinski definition) is 9. The van der Waals surface area contributed by atoms with Crippen LogP contribution < -0.4 is 21.7 Å². The monoisotopic (exact) mass is 450 g/mol. The smallest absolute Gasteiger partial charge is 0.326 e. The van der Waals surface area contributed by atoms with Gasteiger partial charge in [0.2, 0.25) is 17.7 Å². The Balaban J connectivity index is 5.23. The second-order valence-corrected chi connectivity index (χ2v) is 6.36. The van der Waals surface area contributed by atoms with E-state index in [1.807, 2.05) is 10.6 Å². The molecule has 0 aliphatic rings. The van der Waals surface area contributed by atoms with Crippen molar-refractivity contribution in [3.05, 3.63) is 0 Å². The minimum absolute atomic E-state index is 0.415. The highest BCUT2D eigenvalue weighted by Gasteiger charge is 2.30. The van der Waals surface area contributed by atoms with Crippen LogP contribution in [0.1, 0.15) is 25.7 Å². The Morgan fingerprint density at radius 2 is 1.06 bits per heavy atom. The van der Waals surface area contributed by atoms with E-state index in [1.54, 1.807) is 0 Å². The summed E-state index contributed by atoms with van der Waals surface area (Å²) in [6, 6.07) is -6.19. The van der Waals surface area contributed by atoms with E-state index >= 15 is 0 Å². The number of carbonyl (C=O) groups is 6. The predicted octanol–water partition coefficient (Wildman–Crippen LogP) is -4.43. The lowest BCUT2D eigenvalue weighted by molar-refractivity contribution is -0.143. The Morgan fingerprint density at radius 1 is 0.645 bits per heavy atom. The average Bonchev–Trinajstić information content (AvgIpc) is 2.70. The number of hydrogen-bond donors (Lipinski definition) is 9. The molecule has 0 bridgehead atoms. The first kappa shape index (κ1) is 27.7. The Bertz CT molecular complexity index is 684. The van der Waals surface area contributed by atoms with Gasteiger partial charge in [-0.15, -0.1) is 0 Å². The molecule has 0 rings (SSSR count). The van der Waals surface area contributed by atoms with Crippen molar-refractivity contribution in [1.82, 2.24) is 16.0 Å². The molecule has 4 atom stereocenters. The number of nitrogens with two attached hydrogens (primary N) is 1. The molecule has 15 heteroatoms. The molecule has 0 aromatic heterocycles. The van der Waals surface area contributed by atoms with Gasteiger partial charge in [-0.05, 0) is 12.8 Å². The molecule has 0 aromatic carbocycles. The topological polar surface area (TPSA) is 266 Å². The van der Waals surface area contributed by atoms with Crippen LogP contribution in [0.3, 0.4) is 0 Å². The molecule has 0 radical (unpaired) electrons. The largest absolute Gasteiger partial charge is 0.481 e. The van der Waals surface area contributed by atoms with Crippen molar-refractivity contribution < 1.29 is 54.3 Å². The molecule has 0 aromatic rings. The van der Waals surface area contributed by atoms with E-state index in [0.29, 0.717) is 0 Å². The highest BCUT2D eigenvalue weighted by Crippen LogP contribution is 2.02. The molecule has 0 fully saturated rings. The molecule has 0 aliphatic carbocycles. The highest BCUT2D eigenvalue weighted by atomic mass is 16.4. The number of carbonyl (C=O) groups excluding carboxylic acids is 3. The van der Waals surface area contributed by atoms with Crippen molar-refractivity contribution in [3.8, 4) is 0 Å². The van der Waals surface area contributed by atoms with E-state index in [2.05, 4.69) is 5.32 Å². The summed E-state index contributed by atoms with van der Waals surface area (Å²) < 4.78 is 0. The fourth-order valence-corrected chi connectivity index (χ4v) is 2.16. The molecular weight excluding hydrogens is 424 g/mol. The van der Waals surface area contributed by atoms with Crippen molar-refractivity contribution in [2.75, 3.05) is 13.2 Å². The maximum atomic E-state index is 12.4. The number of aliphatic hydroxyl groups is 2. The maximum Gasteiger partial charge on any atom is 0.326 e. The summed E-state index contributed by atoms with van der Waals surface area (Å²) in [7, 11) is 0. The lowest BCUT2D eigenvalue weighted by Crippen LogP contribution is -2.58. The average molecular weight is 450 g/mol. The summed E-state index contributed by atoms with van der Waals surface area (Å²) in [6.07, 6.45) is -2.00. The molecule has 0 heterocycles. The van der Waals surface area contributed by atoms with E-state index in [0.717, 1.165) is 0 Å². The molecule has 0 aliphatic heterocycles. The van der Waals surface area contributed by atoms with Gasteiger partial charge in [0.25, 0.3) is 0 Å². The van der Waals surface area contributed by atoms with Crippen LogP contribution in [-0.4, -0.2) is 98.5 Å². The van der Waals surface area contributed by atoms with Gasteiger partial charge < -0.3 is 47.2 Å². The van der Waals surface area contributed by atoms with Gasteiger partial charge in [-0.25, -0.2) is 4.79 Å². The zero-order valence-electron chi connectivity index (χ0n) is 16.3. The van der Waals surface area contributed by atoms with Crippen molar-refractivity contribution in [1.29, 1.82) is 0 Å². The van der Waals surface area contributed by atoms with Crippen LogP contribution in [-0.2, 0) is 28.8 Å². The lowest BCUT2D eigenvalue weighted by Gasteiger charge is -2.23. The second kappa shape index (κ2) is 13.8. The molecule has 0 saturated carbocycles. The molecule has 15 nitrogen and oxygen atoms in total. The molecule has 0 saturated heterocycles. The van der Waals surface area contributed by atoms with Crippen LogP contribution in [0.15, 0.2) is 0 Å². The summed E-state index contributed by atoms with van der Waals surface area (Å²) in [5.74, 6) is -7.33. The summed E-state index contributed by atoms with van der Waals surface area (Å²) in [5, 5.41) is 50.9. The number of carboxylic acids is 3. The maximum absolute atomic E-state index is 12.4. The Morgan fingerprint density at radius 3 is 1.48 bits per heavy atom. The van der Waals surface area contributed by atoms with Crippen LogP contribution in [0.2, 0.25) is 0 Å². The molecule has 31 heavy (non-hydrogen) atoms. The molecule has 3 amide bonds. The summed E-state index contributed by atoms with van der Waals surface area (Å²) in [5.41, 5.74) is 5.32. The van der Waals surface area contributed by atoms with Crippen LogP contribution in [0.4, 0.5) is 0 Å². The Kier molecular flexibility index (Phi) is 12.4. The molecule has 10 N–H and O–H groups in total. The van der Waals surface area contributed by atoms with Gasteiger partial charge in [0.1, 0.15) is 24.2 Å². The van der Waals surface area contributed by atoms with Crippen LogP contribution in [0, 0.1) is 0 Å². The number of amides is 3. The van der Waals surface area contributed by atoms with Gasteiger partial charge in [-0.1, -0.05) is 0 Å². The minimum atomic E-state index is -1.69. The zero-order valence-corrected chi connectivity index (χ0v) is 16.3. The molecule has 4 unspecified atom stereocenters. The van der Waals surface area contributed by atoms with Crippen molar-refractivity contribution >= 4 is 35.6 Å². The molecule has 176 valence electrons. The summed E-state index contributed by atoms with van der Waals surface area (Å²) in [6.45, 7) is -1.74. The highest BCUT2D eigenvalue weighted by molar-refractivity contribution is 5.94. The molecule has 0 spiro atoms. The van der Waals surface area contributed by atoms with E-state index in [9.17, 15) is 33.9 Å². The number of rotatable bonds is 15. The summed E-state index contributed by atoms with van der Waals surface area (Å²) in [4.78, 5) is 68.9. The second-order valence-electron chi connectivity index (χ2n) is 6.36. The van der Waals surface area contributed by atoms with Gasteiger partial charge in [-0.2, -0.15) is 0 Å². The van der Waals surface area contributed by atoms with Crippen LogP contribution in [0.5, 0.6) is 0 Å². The lowest BCUT2D eigenvalue weighted by atomic mass is 10.1. The number of nitrogens with one attached hydrogen (secondary N) is 3. The van der Waals surface area contributed by atoms with Gasteiger partial charge in [-0.3, -0.25) is 24.0 Å². The van der Waals surface area contributed by atoms with E-state index in [1.165, 1.54) is 0 Å². The quantitative estimate of drug-likeness (QED) is 0.114. The number of aliphatic carboxylic acids is 3. The standard InChI is InChI=1S/C16H26N4O11/c17-7(5-21)13(27)18-8(1-3-11(23)24)14(28)20-10(6-22)15(29)19-9(16(30)31)2-4-12(25)26/h7-10,21-22H,1-6,17H2,(H,18,27)(H,19,29)(H,20,28)(H,23,24)(H,25,26)(H,30,31). The first-order valence-electron chi connectivity index (χ1n) is 8.97. The third-order valence-electron chi connectivity index (χ3n) is 3.89. The predicted molar refractivity (Wildman–Crippen MR) is 99.3 cm³/mol. The van der Waals surface area contributed by atoms with Gasteiger partial charge in [0.05, 0.1) is 13.2 Å². The van der Waals surface area contributed by atoms with Crippen LogP contribution >= 0.6 is 0 Å². The van der Waals surface area contributed by atoms with Crippen LogP contribution in [0.25, 0.3) is 0 Å². The normalized spacial score (nSPS) is 14.4. The fraction of sp³-hybridized carbons (Fsp3) is 0.625. The van der Waals surface area contributed by atoms with E-state index in [4.69, 9.17) is 26.2 Å². The third-order valence-corrected chi connectivity index (χ3v) is 3.89. The fourth-order valence-electron chi connectivity index (χ4n) is 2.16. The number of aliphatic hydroxyl groups excluding tert-OH is 2. The zero-order chi connectivity index (χ0) is 24.1. The van der Waals surface area contributed by atoms with E-state index in [-0.39, 0.29) is 0 Å². The van der Waals surface area contributed by atoms with Gasteiger partial charge in [0, 0.05) is 12.8 Å². The minimum Gasteiger partial charge on any atom is -0.481 e. The first-order chi connectivity index (χ1) is 14.4. The summed E-state index contributed by atoms with van der Waals surface area (Å²) >= 11 is 0. The Labute approximate surface area is 175 Å². The van der Waals surface area contributed by atoms with Crippen molar-refractivity contribution in [2.24, 2.45) is 5.73 Å². The van der Waals surface area contributed by atoms with E-state index < -0.39 is 98.7 Å². The number of carboxylic acid groups (broad SMARTS) is 3. The Hall–Kier alpha value is -3.30. The first-order valence-corrected chi connectivity index (χ1v) is 8.97. The van der Waals surface area contributed by atoms with Crippen molar-refractivity contribution in [2.45, 2.75) is 49.9 Å². The SMILES string of the molecule is NC(CO)C(=O)NC(CCC(=O)O)C(=O)NC(CO)C(=O)NC(CCC(=O)O)C(=O)O.